The topological polar surface area (TPSA) is 92.3 Å². The van der Waals surface area contributed by atoms with Gasteiger partial charge in [0, 0.05) is 23.2 Å². The Balaban J connectivity index is 1.81. The molecule has 0 saturated carbocycles. The van der Waals surface area contributed by atoms with E-state index in [1.165, 1.54) is 12.1 Å². The number of halogens is 1. The Morgan fingerprint density at radius 3 is 2.81 bits per heavy atom. The summed E-state index contributed by atoms with van der Waals surface area (Å²) < 4.78 is 10.8. The van der Waals surface area contributed by atoms with Crippen LogP contribution in [0, 0.1) is 18.3 Å². The van der Waals surface area contributed by atoms with Crippen LogP contribution in [-0.2, 0) is 4.79 Å². The van der Waals surface area contributed by atoms with Crippen molar-refractivity contribution in [2.75, 3.05) is 5.32 Å². The molecule has 0 aliphatic carbocycles. The fourth-order valence-electron chi connectivity index (χ4n) is 2.56. The van der Waals surface area contributed by atoms with E-state index in [0.29, 0.717) is 27.2 Å². The highest BCUT2D eigenvalue weighted by atomic mass is 35.5. The summed E-state index contributed by atoms with van der Waals surface area (Å²) in [5.41, 5.74) is 1.51. The van der Waals surface area contributed by atoms with Crippen LogP contribution >= 0.6 is 11.6 Å². The second-order valence-electron chi connectivity index (χ2n) is 5.97. The van der Waals surface area contributed by atoms with Crippen LogP contribution in [-0.4, -0.2) is 12.0 Å². The average molecular weight is 383 g/mol. The van der Waals surface area contributed by atoms with E-state index in [2.05, 4.69) is 5.32 Å². The zero-order valence-electron chi connectivity index (χ0n) is 14.6. The first-order chi connectivity index (χ1) is 12.9. The maximum Gasteiger partial charge on any atom is 0.336 e. The molecule has 136 valence electrons. The van der Waals surface area contributed by atoms with Crippen LogP contribution < -0.4 is 15.7 Å². The predicted molar refractivity (Wildman–Crippen MR) is 102 cm³/mol. The van der Waals surface area contributed by atoms with Gasteiger partial charge in [-0.25, -0.2) is 4.79 Å². The number of benzene rings is 2. The number of aryl methyl sites for hydroxylation is 1. The molecule has 0 radical (unpaired) electrons. The Labute approximate surface area is 159 Å². The highest BCUT2D eigenvalue weighted by molar-refractivity contribution is 6.32. The number of nitriles is 1. The number of amides is 1. The van der Waals surface area contributed by atoms with Gasteiger partial charge in [-0.2, -0.15) is 5.26 Å². The minimum atomic E-state index is -0.873. The summed E-state index contributed by atoms with van der Waals surface area (Å²) in [6, 6.07) is 13.1. The average Bonchev–Trinajstić information content (AvgIpc) is 2.63. The molecule has 0 aliphatic heterocycles. The smallest absolute Gasteiger partial charge is 0.336 e. The molecule has 1 heterocycles. The van der Waals surface area contributed by atoms with Crippen molar-refractivity contribution in [2.45, 2.75) is 20.0 Å². The number of hydrogen-bond donors (Lipinski definition) is 1. The van der Waals surface area contributed by atoms with E-state index < -0.39 is 17.6 Å². The van der Waals surface area contributed by atoms with Crippen molar-refractivity contribution < 1.29 is 13.9 Å². The predicted octanol–water partition coefficient (Wildman–Crippen LogP) is 4.03. The fourth-order valence-corrected chi connectivity index (χ4v) is 2.77. The second kappa shape index (κ2) is 7.52. The van der Waals surface area contributed by atoms with E-state index >= 15 is 0 Å². The number of carbonyl (C=O) groups is 1. The minimum absolute atomic E-state index is 0.228. The van der Waals surface area contributed by atoms with Crippen molar-refractivity contribution in [1.82, 2.24) is 0 Å². The van der Waals surface area contributed by atoms with Crippen molar-refractivity contribution >= 4 is 34.2 Å². The van der Waals surface area contributed by atoms with Gasteiger partial charge in [0.1, 0.15) is 11.3 Å². The van der Waals surface area contributed by atoms with Gasteiger partial charge in [0.15, 0.2) is 6.10 Å². The third-order valence-electron chi connectivity index (χ3n) is 3.94. The lowest BCUT2D eigenvalue weighted by molar-refractivity contribution is -0.122. The third kappa shape index (κ3) is 4.10. The zero-order valence-corrected chi connectivity index (χ0v) is 15.3. The van der Waals surface area contributed by atoms with E-state index in [9.17, 15) is 9.59 Å². The number of hydrogen-bond acceptors (Lipinski definition) is 5. The van der Waals surface area contributed by atoms with E-state index in [1.807, 2.05) is 6.07 Å². The molecule has 2 aromatic carbocycles. The summed E-state index contributed by atoms with van der Waals surface area (Å²) in [6.45, 7) is 3.35. The fraction of sp³-hybridized carbons (Fsp3) is 0.150. The van der Waals surface area contributed by atoms with Crippen LogP contribution in [0.15, 0.2) is 51.7 Å². The normalized spacial score (nSPS) is 11.6. The van der Waals surface area contributed by atoms with E-state index in [1.54, 1.807) is 44.2 Å². The lowest BCUT2D eigenvalue weighted by Crippen LogP contribution is -2.30. The summed E-state index contributed by atoms with van der Waals surface area (Å²) in [5.74, 6) is -0.182. The van der Waals surface area contributed by atoms with Crippen LogP contribution in [0.5, 0.6) is 5.75 Å². The summed E-state index contributed by atoms with van der Waals surface area (Å²) in [4.78, 5) is 23.9. The minimum Gasteiger partial charge on any atom is -0.479 e. The number of ether oxygens (including phenoxy) is 1. The Hall–Kier alpha value is -3.30. The van der Waals surface area contributed by atoms with Gasteiger partial charge in [-0.15, -0.1) is 0 Å². The second-order valence-corrected chi connectivity index (χ2v) is 6.38. The summed E-state index contributed by atoms with van der Waals surface area (Å²) in [7, 11) is 0. The highest BCUT2D eigenvalue weighted by Crippen LogP contribution is 2.31. The molecule has 0 bridgehead atoms. The van der Waals surface area contributed by atoms with E-state index in [0.717, 1.165) is 5.56 Å². The monoisotopic (exact) mass is 382 g/mol. The van der Waals surface area contributed by atoms with Gasteiger partial charge in [-0.1, -0.05) is 17.7 Å². The lowest BCUT2D eigenvalue weighted by Gasteiger charge is -2.16. The van der Waals surface area contributed by atoms with Crippen LogP contribution in [0.3, 0.4) is 0 Å². The first-order valence-corrected chi connectivity index (χ1v) is 8.47. The third-order valence-corrected chi connectivity index (χ3v) is 4.23. The molecule has 0 spiro atoms. The van der Waals surface area contributed by atoms with Gasteiger partial charge in [0.25, 0.3) is 5.91 Å². The molecule has 0 saturated heterocycles. The van der Waals surface area contributed by atoms with Gasteiger partial charge in [0.05, 0.1) is 16.7 Å². The zero-order chi connectivity index (χ0) is 19.6. The van der Waals surface area contributed by atoms with Gasteiger partial charge in [-0.05, 0) is 43.7 Å². The SMILES string of the molecule is Cc1cc(=O)oc2cc(OC(C)C(=O)Nc3cccc(C#N)c3)c(Cl)cc12. The van der Waals surface area contributed by atoms with Crippen molar-refractivity contribution in [3.63, 3.8) is 0 Å². The van der Waals surface area contributed by atoms with Crippen LogP contribution in [0.25, 0.3) is 11.0 Å². The van der Waals surface area contributed by atoms with Gasteiger partial charge in [-0.3, -0.25) is 4.79 Å². The first-order valence-electron chi connectivity index (χ1n) is 8.09. The van der Waals surface area contributed by atoms with E-state index in [-0.39, 0.29) is 5.75 Å². The molecular formula is C20H15ClN2O4. The van der Waals surface area contributed by atoms with Crippen molar-refractivity contribution in [3.05, 3.63) is 69.0 Å². The molecule has 1 N–H and O–H groups in total. The summed E-state index contributed by atoms with van der Waals surface area (Å²) in [5, 5.41) is 12.6. The van der Waals surface area contributed by atoms with Crippen LogP contribution in [0.4, 0.5) is 5.69 Å². The van der Waals surface area contributed by atoms with Crippen LogP contribution in [0.2, 0.25) is 5.02 Å². The number of fused-ring (bicyclic) bond motifs is 1. The molecule has 6 nitrogen and oxygen atoms in total. The standard InChI is InChI=1S/C20H15ClN2O4/c1-11-6-19(24)27-17-9-18(16(21)8-15(11)17)26-12(2)20(25)23-14-5-3-4-13(7-14)10-22/h3-9,12H,1-2H3,(H,23,25). The summed E-state index contributed by atoms with van der Waals surface area (Å²) in [6.07, 6.45) is -0.873. The molecule has 3 rings (SSSR count). The maximum absolute atomic E-state index is 12.4. The van der Waals surface area contributed by atoms with Crippen molar-refractivity contribution in [1.29, 1.82) is 5.26 Å². The molecule has 1 atom stereocenters. The molecule has 0 aliphatic rings. The molecule has 27 heavy (non-hydrogen) atoms. The van der Waals surface area contributed by atoms with Crippen molar-refractivity contribution in [3.8, 4) is 11.8 Å². The molecule has 7 heteroatoms. The number of nitrogens with one attached hydrogen (secondary N) is 1. The van der Waals surface area contributed by atoms with Crippen LogP contribution in [0.1, 0.15) is 18.1 Å². The molecule has 1 amide bonds. The van der Waals surface area contributed by atoms with Gasteiger partial charge < -0.3 is 14.5 Å². The lowest BCUT2D eigenvalue weighted by atomic mass is 10.1. The number of anilines is 1. The van der Waals surface area contributed by atoms with E-state index in [4.69, 9.17) is 26.0 Å². The molecular weight excluding hydrogens is 368 g/mol. The summed E-state index contributed by atoms with van der Waals surface area (Å²) >= 11 is 6.25. The largest absolute Gasteiger partial charge is 0.479 e. The molecule has 0 fully saturated rings. The Kier molecular flexibility index (Phi) is 5.15. The number of rotatable bonds is 4. The molecule has 1 aromatic heterocycles. The Morgan fingerprint density at radius 1 is 1.30 bits per heavy atom. The number of carbonyl (C=O) groups excluding carboxylic acids is 1. The van der Waals surface area contributed by atoms with Gasteiger partial charge >= 0.3 is 5.63 Å². The Bertz CT molecular complexity index is 1130. The maximum atomic E-state index is 12.4. The van der Waals surface area contributed by atoms with Crippen molar-refractivity contribution in [2.24, 2.45) is 0 Å². The molecule has 1 unspecified atom stereocenters. The Morgan fingerprint density at radius 2 is 2.07 bits per heavy atom. The molecule has 3 aromatic rings. The quantitative estimate of drug-likeness (QED) is 0.687. The van der Waals surface area contributed by atoms with Gasteiger partial charge in [0.2, 0.25) is 0 Å². The highest BCUT2D eigenvalue weighted by Gasteiger charge is 2.18. The first kappa shape index (κ1) is 18.5. The number of nitrogens with zero attached hydrogens (tertiary/aromatic N) is 1.